The molecule has 1 aliphatic heterocycles. The zero-order chi connectivity index (χ0) is 19.5. The van der Waals surface area contributed by atoms with E-state index in [1.165, 1.54) is 6.26 Å². The molecule has 3 heterocycles. The van der Waals surface area contributed by atoms with Crippen molar-refractivity contribution in [2.75, 3.05) is 13.2 Å². The molecular weight excluding hydrogens is 360 g/mol. The van der Waals surface area contributed by atoms with Crippen molar-refractivity contribution >= 4 is 22.8 Å². The van der Waals surface area contributed by atoms with Crippen molar-refractivity contribution in [3.63, 3.8) is 0 Å². The van der Waals surface area contributed by atoms with Crippen LogP contribution in [0.25, 0.3) is 22.4 Å². The number of nitrogens with one attached hydrogen (secondary N) is 1. The third-order valence-corrected chi connectivity index (χ3v) is 4.95. The Morgan fingerprint density at radius 3 is 2.79 bits per heavy atom. The number of aliphatic carboxylic acids is 1. The number of pyridine rings is 1. The van der Waals surface area contributed by atoms with Crippen molar-refractivity contribution in [2.24, 2.45) is 5.92 Å². The SMILES string of the molecule is O=C(NC(C(=O)O)C1CCCOC1)c1cc(-c2ccco2)nc2ccccc12. The Labute approximate surface area is 161 Å². The number of nitrogens with zero attached hydrogens (tertiary/aromatic N) is 1. The first-order chi connectivity index (χ1) is 13.6. The molecule has 4 rings (SSSR count). The predicted molar refractivity (Wildman–Crippen MR) is 102 cm³/mol. The minimum Gasteiger partial charge on any atom is -0.480 e. The Bertz CT molecular complexity index is 993. The number of furan rings is 1. The number of carboxylic acid groups (broad SMARTS) is 1. The Balaban J connectivity index is 1.70. The molecule has 1 aliphatic rings. The monoisotopic (exact) mass is 380 g/mol. The number of carboxylic acids is 1. The number of para-hydroxylation sites is 1. The van der Waals surface area contributed by atoms with Crippen LogP contribution in [0.3, 0.4) is 0 Å². The zero-order valence-corrected chi connectivity index (χ0v) is 15.1. The van der Waals surface area contributed by atoms with Gasteiger partial charge in [-0.1, -0.05) is 18.2 Å². The number of hydrogen-bond donors (Lipinski definition) is 2. The lowest BCUT2D eigenvalue weighted by molar-refractivity contribution is -0.142. The second-order valence-corrected chi connectivity index (χ2v) is 6.82. The number of carbonyl (C=O) groups is 2. The first kappa shape index (κ1) is 18.2. The highest BCUT2D eigenvalue weighted by atomic mass is 16.5. The highest BCUT2D eigenvalue weighted by Gasteiger charge is 2.32. The van der Waals surface area contributed by atoms with E-state index < -0.39 is 17.9 Å². The number of benzene rings is 1. The van der Waals surface area contributed by atoms with Crippen molar-refractivity contribution in [3.05, 3.63) is 54.3 Å². The quantitative estimate of drug-likeness (QED) is 0.705. The maximum absolute atomic E-state index is 13.1. The minimum absolute atomic E-state index is 0.257. The third-order valence-electron chi connectivity index (χ3n) is 4.95. The van der Waals surface area contributed by atoms with Crippen molar-refractivity contribution in [2.45, 2.75) is 18.9 Å². The molecule has 0 radical (unpaired) electrons. The molecule has 3 aromatic rings. The van der Waals surface area contributed by atoms with E-state index in [-0.39, 0.29) is 5.92 Å². The molecule has 2 atom stereocenters. The second kappa shape index (κ2) is 7.82. The van der Waals surface area contributed by atoms with E-state index in [9.17, 15) is 14.7 Å². The van der Waals surface area contributed by atoms with Crippen LogP contribution >= 0.6 is 0 Å². The molecule has 0 spiro atoms. The Morgan fingerprint density at radius 2 is 2.07 bits per heavy atom. The zero-order valence-electron chi connectivity index (χ0n) is 15.1. The standard InChI is InChI=1S/C21H20N2O5/c24-20(23-19(21(25)26)13-5-3-9-27-12-13)15-11-17(18-8-4-10-28-18)22-16-7-2-1-6-14(15)16/h1-2,4,6-8,10-11,13,19H,3,5,9,12H2,(H,23,24)(H,25,26). The summed E-state index contributed by atoms with van der Waals surface area (Å²) in [5, 5.41) is 13.0. The van der Waals surface area contributed by atoms with Crippen LogP contribution in [-0.2, 0) is 9.53 Å². The predicted octanol–water partition coefficient (Wildman–Crippen LogP) is 3.10. The van der Waals surface area contributed by atoms with Crippen LogP contribution in [0, 0.1) is 5.92 Å². The highest BCUT2D eigenvalue weighted by Crippen LogP contribution is 2.26. The summed E-state index contributed by atoms with van der Waals surface area (Å²) in [4.78, 5) is 29.4. The lowest BCUT2D eigenvalue weighted by atomic mass is 9.93. The fourth-order valence-electron chi connectivity index (χ4n) is 3.54. The van der Waals surface area contributed by atoms with Crippen molar-refractivity contribution < 1.29 is 23.8 Å². The van der Waals surface area contributed by atoms with E-state index in [4.69, 9.17) is 9.15 Å². The number of fused-ring (bicyclic) bond motifs is 1. The van der Waals surface area contributed by atoms with Crippen LogP contribution in [0.5, 0.6) is 0 Å². The van der Waals surface area contributed by atoms with E-state index in [0.29, 0.717) is 47.6 Å². The maximum Gasteiger partial charge on any atom is 0.326 e. The average Bonchev–Trinajstić information content (AvgIpc) is 3.26. The topological polar surface area (TPSA) is 102 Å². The van der Waals surface area contributed by atoms with Gasteiger partial charge in [0.05, 0.1) is 24.0 Å². The van der Waals surface area contributed by atoms with Crippen molar-refractivity contribution in [1.82, 2.24) is 10.3 Å². The van der Waals surface area contributed by atoms with E-state index >= 15 is 0 Å². The molecule has 0 aliphatic carbocycles. The molecule has 1 amide bonds. The number of aromatic nitrogens is 1. The molecule has 2 N–H and O–H groups in total. The van der Waals surface area contributed by atoms with Crippen molar-refractivity contribution in [3.8, 4) is 11.5 Å². The van der Waals surface area contributed by atoms with Gasteiger partial charge in [0.1, 0.15) is 11.7 Å². The fraction of sp³-hybridized carbons (Fsp3) is 0.286. The summed E-state index contributed by atoms with van der Waals surface area (Å²) in [7, 11) is 0. The van der Waals surface area contributed by atoms with E-state index in [1.807, 2.05) is 18.2 Å². The van der Waals surface area contributed by atoms with E-state index in [1.54, 1.807) is 24.3 Å². The van der Waals surface area contributed by atoms with Gasteiger partial charge in [-0.05, 0) is 37.1 Å². The molecule has 1 aromatic carbocycles. The molecule has 28 heavy (non-hydrogen) atoms. The van der Waals surface area contributed by atoms with Crippen LogP contribution < -0.4 is 5.32 Å². The highest BCUT2D eigenvalue weighted by molar-refractivity contribution is 6.08. The molecule has 144 valence electrons. The number of carbonyl (C=O) groups excluding carboxylic acids is 1. The summed E-state index contributed by atoms with van der Waals surface area (Å²) >= 11 is 0. The lowest BCUT2D eigenvalue weighted by Gasteiger charge is -2.28. The Morgan fingerprint density at radius 1 is 1.21 bits per heavy atom. The molecule has 1 saturated heterocycles. The number of rotatable bonds is 5. The second-order valence-electron chi connectivity index (χ2n) is 6.82. The van der Waals surface area contributed by atoms with Gasteiger partial charge >= 0.3 is 5.97 Å². The molecular formula is C21H20N2O5. The Kier molecular flexibility index (Phi) is 5.08. The van der Waals surface area contributed by atoms with Gasteiger partial charge in [-0.2, -0.15) is 0 Å². The van der Waals surface area contributed by atoms with Gasteiger partial charge in [-0.3, -0.25) is 4.79 Å². The summed E-state index contributed by atoms with van der Waals surface area (Å²) in [5.41, 5.74) is 1.51. The summed E-state index contributed by atoms with van der Waals surface area (Å²) in [6, 6.07) is 11.4. The molecule has 0 saturated carbocycles. The summed E-state index contributed by atoms with van der Waals surface area (Å²) < 4.78 is 10.8. The van der Waals surface area contributed by atoms with Crippen LogP contribution in [0.2, 0.25) is 0 Å². The number of hydrogen-bond acceptors (Lipinski definition) is 5. The van der Waals surface area contributed by atoms with Crippen molar-refractivity contribution in [1.29, 1.82) is 0 Å². The van der Waals surface area contributed by atoms with Gasteiger partial charge < -0.3 is 19.6 Å². The van der Waals surface area contributed by atoms with Gasteiger partial charge in [-0.15, -0.1) is 0 Å². The van der Waals surface area contributed by atoms with Gasteiger partial charge in [0.25, 0.3) is 5.91 Å². The Hall–Kier alpha value is -3.19. The molecule has 2 aromatic heterocycles. The van der Waals surface area contributed by atoms with Gasteiger partial charge in [-0.25, -0.2) is 9.78 Å². The summed E-state index contributed by atoms with van der Waals surface area (Å²) in [6.45, 7) is 0.949. The summed E-state index contributed by atoms with van der Waals surface area (Å²) in [6.07, 6.45) is 3.02. The smallest absolute Gasteiger partial charge is 0.326 e. The molecule has 7 heteroatoms. The van der Waals surface area contributed by atoms with Crippen LogP contribution in [0.15, 0.2) is 53.1 Å². The van der Waals surface area contributed by atoms with Crippen LogP contribution in [-0.4, -0.2) is 41.2 Å². The van der Waals surface area contributed by atoms with Crippen LogP contribution in [0.4, 0.5) is 0 Å². The third kappa shape index (κ3) is 3.61. The minimum atomic E-state index is -1.06. The van der Waals surface area contributed by atoms with Crippen LogP contribution in [0.1, 0.15) is 23.2 Å². The first-order valence-electron chi connectivity index (χ1n) is 9.18. The largest absolute Gasteiger partial charge is 0.480 e. The number of amides is 1. The maximum atomic E-state index is 13.1. The van der Waals surface area contributed by atoms with E-state index in [0.717, 1.165) is 6.42 Å². The normalized spacial score (nSPS) is 17.9. The van der Waals surface area contributed by atoms with Gasteiger partial charge in [0.2, 0.25) is 0 Å². The van der Waals surface area contributed by atoms with E-state index in [2.05, 4.69) is 10.3 Å². The molecule has 2 unspecified atom stereocenters. The molecule has 7 nitrogen and oxygen atoms in total. The first-order valence-corrected chi connectivity index (χ1v) is 9.18. The van der Waals surface area contributed by atoms with Gasteiger partial charge in [0.15, 0.2) is 5.76 Å². The summed E-state index contributed by atoms with van der Waals surface area (Å²) in [5.74, 6) is -1.24. The number of ether oxygens (including phenoxy) is 1. The average molecular weight is 380 g/mol. The fourth-order valence-corrected chi connectivity index (χ4v) is 3.54. The molecule has 0 bridgehead atoms. The molecule has 1 fully saturated rings. The van der Waals surface area contributed by atoms with Gasteiger partial charge in [0, 0.05) is 17.9 Å². The lowest BCUT2D eigenvalue weighted by Crippen LogP contribution is -2.48.